The number of H-pyrrole nitrogens is 1. The number of nitrogens with one attached hydrogen (secondary N) is 2. The second-order valence-corrected chi connectivity index (χ2v) is 4.08. The molecule has 0 atom stereocenters. The van der Waals surface area contributed by atoms with E-state index in [4.69, 9.17) is 4.42 Å². The first-order chi connectivity index (χ1) is 9.83. The van der Waals surface area contributed by atoms with Gasteiger partial charge in [0, 0.05) is 17.3 Å². The molecule has 0 aliphatic carbocycles. The third kappa shape index (κ3) is 2.56. The van der Waals surface area contributed by atoms with E-state index in [1.807, 2.05) is 0 Å². The van der Waals surface area contributed by atoms with Crippen LogP contribution in [0, 0.1) is 0 Å². The Morgan fingerprint density at radius 2 is 2.15 bits per heavy atom. The topological polar surface area (TPSA) is 96.7 Å². The molecule has 0 saturated heterocycles. The number of amides is 1. The molecule has 2 N–H and O–H groups in total. The summed E-state index contributed by atoms with van der Waals surface area (Å²) in [4.78, 5) is 18.7. The summed E-state index contributed by atoms with van der Waals surface area (Å²) in [7, 11) is 0. The highest BCUT2D eigenvalue weighted by Gasteiger charge is 2.08. The summed E-state index contributed by atoms with van der Waals surface area (Å²) in [5.41, 5.74) is 2.18. The SMILES string of the molecule is O=C(NCc1cnc[nH]1)c1ccc(-c2nnco2)cc1. The van der Waals surface area contributed by atoms with Crippen LogP contribution < -0.4 is 5.32 Å². The van der Waals surface area contributed by atoms with E-state index in [0.29, 0.717) is 18.0 Å². The van der Waals surface area contributed by atoms with Crippen LogP contribution in [0.4, 0.5) is 0 Å². The molecule has 20 heavy (non-hydrogen) atoms. The molecule has 0 unspecified atom stereocenters. The first-order valence-corrected chi connectivity index (χ1v) is 5.95. The largest absolute Gasteiger partial charge is 0.423 e. The van der Waals surface area contributed by atoms with E-state index in [9.17, 15) is 4.79 Å². The first-order valence-electron chi connectivity index (χ1n) is 5.95. The van der Waals surface area contributed by atoms with Crippen LogP contribution in [0.25, 0.3) is 11.5 Å². The maximum Gasteiger partial charge on any atom is 0.251 e. The van der Waals surface area contributed by atoms with Crippen molar-refractivity contribution >= 4 is 5.91 Å². The van der Waals surface area contributed by atoms with E-state index in [1.165, 1.54) is 6.39 Å². The lowest BCUT2D eigenvalue weighted by molar-refractivity contribution is 0.0950. The van der Waals surface area contributed by atoms with Crippen molar-refractivity contribution in [3.63, 3.8) is 0 Å². The van der Waals surface area contributed by atoms with E-state index in [2.05, 4.69) is 25.5 Å². The molecule has 3 aromatic rings. The van der Waals surface area contributed by atoms with Gasteiger partial charge in [0.2, 0.25) is 12.3 Å². The molecule has 2 heterocycles. The summed E-state index contributed by atoms with van der Waals surface area (Å²) in [6.45, 7) is 0.407. The highest BCUT2D eigenvalue weighted by Crippen LogP contribution is 2.16. The molecule has 100 valence electrons. The Morgan fingerprint density at radius 3 is 2.80 bits per heavy atom. The van der Waals surface area contributed by atoms with Gasteiger partial charge in [-0.05, 0) is 24.3 Å². The summed E-state index contributed by atoms with van der Waals surface area (Å²) in [6.07, 6.45) is 4.50. The van der Waals surface area contributed by atoms with Crippen molar-refractivity contribution in [2.75, 3.05) is 0 Å². The van der Waals surface area contributed by atoms with Gasteiger partial charge in [-0.3, -0.25) is 4.79 Å². The van der Waals surface area contributed by atoms with Crippen LogP contribution in [0.1, 0.15) is 16.1 Å². The number of carbonyl (C=O) groups is 1. The zero-order valence-corrected chi connectivity index (χ0v) is 10.4. The number of hydrogen-bond acceptors (Lipinski definition) is 5. The second kappa shape index (κ2) is 5.35. The number of benzene rings is 1. The Labute approximate surface area is 114 Å². The monoisotopic (exact) mass is 269 g/mol. The van der Waals surface area contributed by atoms with Crippen LogP contribution >= 0.6 is 0 Å². The predicted octanol–water partition coefficient (Wildman–Crippen LogP) is 1.39. The minimum absolute atomic E-state index is 0.156. The van der Waals surface area contributed by atoms with E-state index < -0.39 is 0 Å². The van der Waals surface area contributed by atoms with Crippen molar-refractivity contribution in [1.29, 1.82) is 0 Å². The molecule has 1 aromatic carbocycles. The molecule has 3 rings (SSSR count). The van der Waals surface area contributed by atoms with E-state index in [0.717, 1.165) is 11.3 Å². The fourth-order valence-corrected chi connectivity index (χ4v) is 1.72. The third-order valence-corrected chi connectivity index (χ3v) is 2.75. The van der Waals surface area contributed by atoms with Crippen LogP contribution in [-0.4, -0.2) is 26.1 Å². The molecule has 7 heteroatoms. The van der Waals surface area contributed by atoms with Gasteiger partial charge in [0.05, 0.1) is 18.6 Å². The minimum atomic E-state index is -0.156. The Morgan fingerprint density at radius 1 is 1.30 bits per heavy atom. The van der Waals surface area contributed by atoms with Crippen molar-refractivity contribution < 1.29 is 9.21 Å². The molecule has 0 aliphatic rings. The van der Waals surface area contributed by atoms with E-state index in [1.54, 1.807) is 36.8 Å². The van der Waals surface area contributed by atoms with Gasteiger partial charge < -0.3 is 14.7 Å². The lowest BCUT2D eigenvalue weighted by Gasteiger charge is -2.04. The van der Waals surface area contributed by atoms with Crippen molar-refractivity contribution in [3.8, 4) is 11.5 Å². The Kier molecular flexibility index (Phi) is 3.24. The number of carbonyl (C=O) groups excluding carboxylic acids is 1. The van der Waals surface area contributed by atoms with Gasteiger partial charge in [0.1, 0.15) is 0 Å². The molecule has 0 aliphatic heterocycles. The summed E-state index contributed by atoms with van der Waals surface area (Å²) in [6, 6.07) is 6.95. The average Bonchev–Trinajstić information content (AvgIpc) is 3.18. The highest BCUT2D eigenvalue weighted by atomic mass is 16.4. The van der Waals surface area contributed by atoms with Crippen LogP contribution in [0.15, 0.2) is 47.6 Å². The summed E-state index contributed by atoms with van der Waals surface area (Å²) >= 11 is 0. The third-order valence-electron chi connectivity index (χ3n) is 2.75. The van der Waals surface area contributed by atoms with E-state index in [-0.39, 0.29) is 5.91 Å². The van der Waals surface area contributed by atoms with Crippen molar-refractivity contribution in [1.82, 2.24) is 25.5 Å². The predicted molar refractivity (Wildman–Crippen MR) is 69.5 cm³/mol. The highest BCUT2D eigenvalue weighted by molar-refractivity contribution is 5.94. The van der Waals surface area contributed by atoms with Crippen molar-refractivity contribution in [3.05, 3.63) is 54.4 Å². The van der Waals surface area contributed by atoms with Gasteiger partial charge in [0.25, 0.3) is 5.91 Å². The number of aromatic amines is 1. The second-order valence-electron chi connectivity index (χ2n) is 4.08. The van der Waals surface area contributed by atoms with Crippen LogP contribution in [0.3, 0.4) is 0 Å². The average molecular weight is 269 g/mol. The normalized spacial score (nSPS) is 10.4. The summed E-state index contributed by atoms with van der Waals surface area (Å²) in [5, 5.41) is 10.2. The minimum Gasteiger partial charge on any atom is -0.423 e. The lowest BCUT2D eigenvalue weighted by Crippen LogP contribution is -2.22. The smallest absolute Gasteiger partial charge is 0.251 e. The number of rotatable bonds is 4. The molecule has 0 spiro atoms. The number of aromatic nitrogens is 4. The fourth-order valence-electron chi connectivity index (χ4n) is 1.72. The molecular weight excluding hydrogens is 258 g/mol. The molecule has 7 nitrogen and oxygen atoms in total. The van der Waals surface area contributed by atoms with Crippen LogP contribution in [0.5, 0.6) is 0 Å². The zero-order chi connectivity index (χ0) is 13.8. The zero-order valence-electron chi connectivity index (χ0n) is 10.4. The van der Waals surface area contributed by atoms with Gasteiger partial charge in [-0.25, -0.2) is 4.98 Å². The fraction of sp³-hybridized carbons (Fsp3) is 0.0769. The molecule has 1 amide bonds. The molecule has 0 fully saturated rings. The van der Waals surface area contributed by atoms with Gasteiger partial charge in [-0.15, -0.1) is 10.2 Å². The molecule has 0 bridgehead atoms. The number of imidazole rings is 1. The number of nitrogens with zero attached hydrogens (tertiary/aromatic N) is 3. The molecule has 2 aromatic heterocycles. The van der Waals surface area contributed by atoms with Gasteiger partial charge in [0.15, 0.2) is 0 Å². The maximum absolute atomic E-state index is 11.9. The van der Waals surface area contributed by atoms with Gasteiger partial charge in [-0.1, -0.05) is 0 Å². The van der Waals surface area contributed by atoms with Crippen molar-refractivity contribution in [2.45, 2.75) is 6.54 Å². The first kappa shape index (κ1) is 12.1. The standard InChI is InChI=1S/C13H11N5O2/c19-12(15-6-11-5-14-7-16-11)9-1-3-10(4-2-9)13-18-17-8-20-13/h1-5,7-8H,6H2,(H,14,16)(H,15,19). The maximum atomic E-state index is 11.9. The Hall–Kier alpha value is -2.96. The summed E-state index contributed by atoms with van der Waals surface area (Å²) < 4.78 is 5.08. The summed E-state index contributed by atoms with van der Waals surface area (Å²) in [5.74, 6) is 0.270. The van der Waals surface area contributed by atoms with E-state index >= 15 is 0 Å². The quantitative estimate of drug-likeness (QED) is 0.746. The Balaban J connectivity index is 1.66. The Bertz CT molecular complexity index is 674. The van der Waals surface area contributed by atoms with Crippen LogP contribution in [0.2, 0.25) is 0 Å². The molecule has 0 radical (unpaired) electrons. The molecular formula is C13H11N5O2. The van der Waals surface area contributed by atoms with Gasteiger partial charge in [-0.2, -0.15) is 0 Å². The molecule has 0 saturated carbocycles. The van der Waals surface area contributed by atoms with Gasteiger partial charge >= 0.3 is 0 Å². The van der Waals surface area contributed by atoms with Crippen LogP contribution in [-0.2, 0) is 6.54 Å². The van der Waals surface area contributed by atoms with Crippen molar-refractivity contribution in [2.24, 2.45) is 0 Å². The lowest BCUT2D eigenvalue weighted by atomic mass is 10.1. The number of hydrogen-bond donors (Lipinski definition) is 2.